The van der Waals surface area contributed by atoms with Crippen LogP contribution in [0.25, 0.3) is 0 Å². The third kappa shape index (κ3) is 3.23. The molecule has 18 heavy (non-hydrogen) atoms. The second kappa shape index (κ2) is 5.87. The van der Waals surface area contributed by atoms with Gasteiger partial charge >= 0.3 is 0 Å². The standard InChI is InChI=1S/C13H14ClFN2O/c1-2-5-17-8-12(7-16-17)18-9-10-6-11(15)3-4-13(10)14/h3-4,6-8H,2,5,9H2,1H3. The van der Waals surface area contributed by atoms with Crippen LogP contribution in [0.3, 0.4) is 0 Å². The van der Waals surface area contributed by atoms with Crippen molar-refractivity contribution in [3.8, 4) is 5.75 Å². The average Bonchev–Trinajstić information content (AvgIpc) is 2.79. The Morgan fingerprint density at radius 2 is 2.28 bits per heavy atom. The van der Waals surface area contributed by atoms with Crippen LogP contribution < -0.4 is 4.74 Å². The highest BCUT2D eigenvalue weighted by atomic mass is 35.5. The first-order valence-electron chi connectivity index (χ1n) is 5.78. The molecule has 0 aliphatic rings. The summed E-state index contributed by atoms with van der Waals surface area (Å²) in [6, 6.07) is 4.22. The Hall–Kier alpha value is -1.55. The highest BCUT2D eigenvalue weighted by Crippen LogP contribution is 2.19. The largest absolute Gasteiger partial charge is 0.486 e. The Labute approximate surface area is 110 Å². The van der Waals surface area contributed by atoms with E-state index >= 15 is 0 Å². The van der Waals surface area contributed by atoms with Gasteiger partial charge in [-0.15, -0.1) is 0 Å². The summed E-state index contributed by atoms with van der Waals surface area (Å²) in [5.74, 6) is 0.337. The van der Waals surface area contributed by atoms with Gasteiger partial charge in [-0.05, 0) is 24.6 Å². The molecule has 0 unspecified atom stereocenters. The molecule has 3 nitrogen and oxygen atoms in total. The Bertz CT molecular complexity index is 527. The van der Waals surface area contributed by atoms with Gasteiger partial charge < -0.3 is 4.74 Å². The van der Waals surface area contributed by atoms with Crippen LogP contribution in [0.5, 0.6) is 5.75 Å². The third-order valence-electron chi connectivity index (χ3n) is 2.46. The molecule has 0 bridgehead atoms. The lowest BCUT2D eigenvalue weighted by molar-refractivity contribution is 0.305. The summed E-state index contributed by atoms with van der Waals surface area (Å²) in [5, 5.41) is 4.64. The molecular weight excluding hydrogens is 255 g/mol. The van der Waals surface area contributed by atoms with Gasteiger partial charge in [0, 0.05) is 17.1 Å². The van der Waals surface area contributed by atoms with E-state index in [-0.39, 0.29) is 12.4 Å². The van der Waals surface area contributed by atoms with Crippen LogP contribution in [0, 0.1) is 5.82 Å². The van der Waals surface area contributed by atoms with Crippen molar-refractivity contribution in [1.82, 2.24) is 9.78 Å². The lowest BCUT2D eigenvalue weighted by atomic mass is 10.2. The van der Waals surface area contributed by atoms with Crippen LogP contribution >= 0.6 is 11.6 Å². The molecular formula is C13H14ClFN2O. The first-order chi connectivity index (χ1) is 8.69. The van der Waals surface area contributed by atoms with E-state index in [2.05, 4.69) is 12.0 Å². The number of benzene rings is 1. The van der Waals surface area contributed by atoms with Gasteiger partial charge in [0.15, 0.2) is 5.75 Å². The van der Waals surface area contributed by atoms with Gasteiger partial charge in [-0.25, -0.2) is 4.39 Å². The molecule has 1 heterocycles. The van der Waals surface area contributed by atoms with E-state index in [1.807, 2.05) is 10.9 Å². The van der Waals surface area contributed by atoms with Gasteiger partial charge in [0.2, 0.25) is 0 Å². The minimum Gasteiger partial charge on any atom is -0.486 e. The van der Waals surface area contributed by atoms with Crippen LogP contribution in [-0.2, 0) is 13.2 Å². The van der Waals surface area contributed by atoms with Gasteiger partial charge in [-0.1, -0.05) is 18.5 Å². The summed E-state index contributed by atoms with van der Waals surface area (Å²) >= 11 is 5.95. The summed E-state index contributed by atoms with van der Waals surface area (Å²) in [6.45, 7) is 3.16. The third-order valence-corrected chi connectivity index (χ3v) is 2.83. The Kier molecular flexibility index (Phi) is 4.20. The molecule has 96 valence electrons. The van der Waals surface area contributed by atoms with Crippen molar-refractivity contribution in [2.75, 3.05) is 0 Å². The normalized spacial score (nSPS) is 10.6. The first-order valence-corrected chi connectivity index (χ1v) is 6.16. The summed E-state index contributed by atoms with van der Waals surface area (Å²) in [5.41, 5.74) is 0.625. The average molecular weight is 269 g/mol. The number of ether oxygens (including phenoxy) is 1. The summed E-state index contributed by atoms with van der Waals surface area (Å²) in [4.78, 5) is 0. The molecule has 0 atom stereocenters. The van der Waals surface area contributed by atoms with Gasteiger partial charge in [0.25, 0.3) is 0 Å². The van der Waals surface area contributed by atoms with Crippen molar-refractivity contribution in [2.24, 2.45) is 0 Å². The van der Waals surface area contributed by atoms with Gasteiger partial charge in [0.05, 0.1) is 12.4 Å². The summed E-state index contributed by atoms with van der Waals surface area (Å²) in [6.07, 6.45) is 4.47. The van der Waals surface area contributed by atoms with E-state index in [0.29, 0.717) is 16.3 Å². The fourth-order valence-electron chi connectivity index (χ4n) is 1.59. The number of rotatable bonds is 5. The van der Waals surface area contributed by atoms with Gasteiger partial charge in [0.1, 0.15) is 12.4 Å². The van der Waals surface area contributed by atoms with Crippen LogP contribution in [0.15, 0.2) is 30.6 Å². The molecule has 0 N–H and O–H groups in total. The van der Waals surface area contributed by atoms with E-state index in [9.17, 15) is 4.39 Å². The number of nitrogens with zero attached hydrogens (tertiary/aromatic N) is 2. The molecule has 0 amide bonds. The molecule has 0 saturated heterocycles. The quantitative estimate of drug-likeness (QED) is 0.827. The second-order valence-corrected chi connectivity index (χ2v) is 4.37. The molecule has 2 rings (SSSR count). The van der Waals surface area contributed by atoms with Crippen molar-refractivity contribution in [1.29, 1.82) is 0 Å². The highest BCUT2D eigenvalue weighted by Gasteiger charge is 2.04. The minimum absolute atomic E-state index is 0.231. The second-order valence-electron chi connectivity index (χ2n) is 3.96. The maximum absolute atomic E-state index is 13.0. The molecule has 5 heteroatoms. The predicted molar refractivity (Wildman–Crippen MR) is 68.3 cm³/mol. The zero-order valence-corrected chi connectivity index (χ0v) is 10.8. The van der Waals surface area contributed by atoms with Crippen molar-refractivity contribution >= 4 is 11.6 Å². The molecule has 0 aliphatic heterocycles. The number of halogens is 2. The molecule has 0 spiro atoms. The van der Waals surface area contributed by atoms with E-state index in [4.69, 9.17) is 16.3 Å². The van der Waals surface area contributed by atoms with E-state index in [0.717, 1.165) is 13.0 Å². The van der Waals surface area contributed by atoms with E-state index in [1.165, 1.54) is 18.2 Å². The van der Waals surface area contributed by atoms with Crippen molar-refractivity contribution in [3.05, 3.63) is 47.0 Å². The number of hydrogen-bond acceptors (Lipinski definition) is 2. The molecule has 0 aliphatic carbocycles. The number of aromatic nitrogens is 2. The van der Waals surface area contributed by atoms with Crippen LogP contribution in [0.2, 0.25) is 5.02 Å². The lowest BCUT2D eigenvalue weighted by Gasteiger charge is -2.05. The van der Waals surface area contributed by atoms with E-state index in [1.54, 1.807) is 6.20 Å². The number of hydrogen-bond donors (Lipinski definition) is 0. The Balaban J connectivity index is 1.99. The number of aryl methyl sites for hydroxylation is 1. The van der Waals surface area contributed by atoms with Crippen LogP contribution in [-0.4, -0.2) is 9.78 Å². The van der Waals surface area contributed by atoms with Crippen LogP contribution in [0.1, 0.15) is 18.9 Å². The Morgan fingerprint density at radius 1 is 1.44 bits per heavy atom. The summed E-state index contributed by atoms with van der Waals surface area (Å²) < 4.78 is 20.4. The van der Waals surface area contributed by atoms with Gasteiger partial charge in [-0.2, -0.15) is 5.10 Å². The molecule has 1 aromatic heterocycles. The lowest BCUT2D eigenvalue weighted by Crippen LogP contribution is -1.97. The fourth-order valence-corrected chi connectivity index (χ4v) is 1.76. The predicted octanol–water partition coefficient (Wildman–Crippen LogP) is 3.66. The molecule has 2 aromatic rings. The zero-order valence-electron chi connectivity index (χ0n) is 10.1. The maximum Gasteiger partial charge on any atom is 0.157 e. The Morgan fingerprint density at radius 3 is 3.06 bits per heavy atom. The monoisotopic (exact) mass is 268 g/mol. The van der Waals surface area contributed by atoms with E-state index < -0.39 is 0 Å². The molecule has 0 saturated carbocycles. The topological polar surface area (TPSA) is 27.1 Å². The van der Waals surface area contributed by atoms with Crippen LogP contribution in [0.4, 0.5) is 4.39 Å². The first kappa shape index (κ1) is 12.9. The highest BCUT2D eigenvalue weighted by molar-refractivity contribution is 6.31. The SMILES string of the molecule is CCCn1cc(OCc2cc(F)ccc2Cl)cn1. The molecule has 1 aromatic carbocycles. The maximum atomic E-state index is 13.0. The minimum atomic E-state index is -0.320. The van der Waals surface area contributed by atoms with Crippen molar-refractivity contribution < 1.29 is 9.13 Å². The smallest absolute Gasteiger partial charge is 0.157 e. The zero-order chi connectivity index (χ0) is 13.0. The van der Waals surface area contributed by atoms with Crippen molar-refractivity contribution in [3.63, 3.8) is 0 Å². The molecule has 0 fully saturated rings. The van der Waals surface area contributed by atoms with Gasteiger partial charge in [-0.3, -0.25) is 4.68 Å². The fraction of sp³-hybridized carbons (Fsp3) is 0.308. The summed E-state index contributed by atoms with van der Waals surface area (Å²) in [7, 11) is 0. The van der Waals surface area contributed by atoms with Crippen molar-refractivity contribution in [2.45, 2.75) is 26.5 Å². The molecule has 0 radical (unpaired) electrons.